The summed E-state index contributed by atoms with van der Waals surface area (Å²) in [6, 6.07) is 8.18. The molecule has 24 heavy (non-hydrogen) atoms. The number of aryl methyl sites for hydroxylation is 3. The molecule has 0 fully saturated rings. The van der Waals surface area contributed by atoms with Crippen LogP contribution in [-0.2, 0) is 12.8 Å². The van der Waals surface area contributed by atoms with E-state index in [1.807, 2.05) is 24.4 Å². The minimum Gasteiger partial charge on any atom is -0.497 e. The van der Waals surface area contributed by atoms with Crippen molar-refractivity contribution in [3.8, 4) is 16.2 Å². The Labute approximate surface area is 148 Å². The van der Waals surface area contributed by atoms with Crippen LogP contribution in [0.2, 0.25) is 0 Å². The van der Waals surface area contributed by atoms with Crippen LogP contribution in [0.3, 0.4) is 0 Å². The molecule has 3 aromatic rings. The molecule has 0 saturated heterocycles. The molecule has 2 aromatic heterocycles. The maximum atomic E-state index is 12.5. The molecule has 2 heterocycles. The van der Waals surface area contributed by atoms with Crippen LogP contribution < -0.4 is 10.1 Å². The second-order valence-corrected chi connectivity index (χ2v) is 7.65. The molecule has 1 aromatic carbocycles. The van der Waals surface area contributed by atoms with Gasteiger partial charge in [0.05, 0.1) is 17.7 Å². The number of hydrogen-bond acceptors (Lipinski definition) is 5. The minimum absolute atomic E-state index is 0.0844. The number of thiophene rings is 1. The van der Waals surface area contributed by atoms with E-state index in [0.29, 0.717) is 5.13 Å². The lowest BCUT2D eigenvalue weighted by Crippen LogP contribution is -2.09. The van der Waals surface area contributed by atoms with E-state index >= 15 is 0 Å². The van der Waals surface area contributed by atoms with Gasteiger partial charge in [0.1, 0.15) is 5.75 Å². The van der Waals surface area contributed by atoms with E-state index in [2.05, 4.69) is 22.4 Å². The Morgan fingerprint density at radius 1 is 1.25 bits per heavy atom. The lowest BCUT2D eigenvalue weighted by molar-refractivity contribution is 0.103. The van der Waals surface area contributed by atoms with Crippen LogP contribution >= 0.6 is 22.7 Å². The van der Waals surface area contributed by atoms with Gasteiger partial charge in [-0.2, -0.15) is 0 Å². The first-order valence-corrected chi connectivity index (χ1v) is 9.37. The van der Waals surface area contributed by atoms with Gasteiger partial charge in [0, 0.05) is 10.3 Å². The van der Waals surface area contributed by atoms with Crippen LogP contribution in [-0.4, -0.2) is 18.0 Å². The molecule has 0 atom stereocenters. The second kappa shape index (κ2) is 6.03. The number of rotatable bonds is 3. The number of anilines is 1. The number of thiazole rings is 1. The van der Waals surface area contributed by atoms with E-state index in [1.54, 1.807) is 18.4 Å². The van der Waals surface area contributed by atoms with Gasteiger partial charge in [-0.1, -0.05) is 0 Å². The summed E-state index contributed by atoms with van der Waals surface area (Å²) in [5.41, 5.74) is 4.67. The van der Waals surface area contributed by atoms with E-state index in [1.165, 1.54) is 32.9 Å². The van der Waals surface area contributed by atoms with Gasteiger partial charge >= 0.3 is 0 Å². The molecule has 0 aliphatic heterocycles. The highest BCUT2D eigenvalue weighted by Crippen LogP contribution is 2.41. The molecular formula is C18H16N2O2S2. The number of methoxy groups -OCH3 is 1. The van der Waals surface area contributed by atoms with Crippen LogP contribution in [0.5, 0.6) is 5.75 Å². The molecule has 1 N–H and O–H groups in total. The number of nitrogens with one attached hydrogen (secondary N) is 1. The fourth-order valence-electron chi connectivity index (χ4n) is 2.92. The van der Waals surface area contributed by atoms with Crippen molar-refractivity contribution in [2.24, 2.45) is 0 Å². The van der Waals surface area contributed by atoms with Crippen molar-refractivity contribution < 1.29 is 9.53 Å². The van der Waals surface area contributed by atoms with Gasteiger partial charge in [0.15, 0.2) is 5.13 Å². The molecule has 0 bridgehead atoms. The van der Waals surface area contributed by atoms with Crippen molar-refractivity contribution in [2.75, 3.05) is 12.4 Å². The summed E-state index contributed by atoms with van der Waals surface area (Å²) in [4.78, 5) is 18.7. The van der Waals surface area contributed by atoms with Crippen LogP contribution in [0.15, 0.2) is 29.6 Å². The number of benzene rings is 1. The third kappa shape index (κ3) is 2.72. The summed E-state index contributed by atoms with van der Waals surface area (Å²) in [6.07, 6.45) is 1.93. The van der Waals surface area contributed by atoms with Crippen molar-refractivity contribution in [3.05, 3.63) is 51.3 Å². The van der Waals surface area contributed by atoms with E-state index in [9.17, 15) is 4.79 Å². The van der Waals surface area contributed by atoms with Gasteiger partial charge in [-0.05, 0) is 60.7 Å². The molecular weight excluding hydrogens is 340 g/mol. The minimum atomic E-state index is -0.0844. The van der Waals surface area contributed by atoms with Gasteiger partial charge in [-0.3, -0.25) is 10.1 Å². The molecule has 1 aliphatic carbocycles. The summed E-state index contributed by atoms with van der Waals surface area (Å²) in [6.45, 7) is 1.92. The largest absolute Gasteiger partial charge is 0.497 e. The van der Waals surface area contributed by atoms with Crippen LogP contribution in [0.4, 0.5) is 5.13 Å². The van der Waals surface area contributed by atoms with E-state index < -0.39 is 0 Å². The molecule has 4 rings (SSSR count). The van der Waals surface area contributed by atoms with Gasteiger partial charge in [-0.15, -0.1) is 22.7 Å². The van der Waals surface area contributed by atoms with E-state index in [-0.39, 0.29) is 5.91 Å². The monoisotopic (exact) mass is 356 g/mol. The highest BCUT2D eigenvalue weighted by molar-refractivity contribution is 7.18. The third-order valence-electron chi connectivity index (χ3n) is 4.09. The number of fused-ring (bicyclic) bond motifs is 3. The SMILES string of the molecule is COc1ccc2c(c1)CCc1cc(C(=O)Nc3nc(C)cs3)sc1-2. The number of nitrogens with zero attached hydrogens (tertiary/aromatic N) is 1. The Balaban J connectivity index is 1.64. The fraction of sp³-hybridized carbons (Fsp3) is 0.222. The maximum Gasteiger partial charge on any atom is 0.267 e. The zero-order valence-electron chi connectivity index (χ0n) is 13.4. The first kappa shape index (κ1) is 15.4. The standard InChI is InChI=1S/C18H16N2O2S2/c1-10-9-23-18(19-10)20-17(21)15-8-12-4-3-11-7-13(22-2)5-6-14(11)16(12)24-15/h5-9H,3-4H2,1-2H3,(H,19,20,21). The summed E-state index contributed by atoms with van der Waals surface area (Å²) >= 11 is 3.00. The lowest BCUT2D eigenvalue weighted by atomic mass is 9.91. The smallest absolute Gasteiger partial charge is 0.267 e. The molecule has 1 amide bonds. The van der Waals surface area contributed by atoms with Gasteiger partial charge < -0.3 is 4.74 Å². The Hall–Kier alpha value is -2.18. The Kier molecular flexibility index (Phi) is 3.86. The molecule has 122 valence electrons. The number of carbonyl (C=O) groups excluding carboxylic acids is 1. The Morgan fingerprint density at radius 3 is 2.83 bits per heavy atom. The van der Waals surface area contributed by atoms with Crippen molar-refractivity contribution in [1.82, 2.24) is 4.98 Å². The first-order chi connectivity index (χ1) is 11.6. The number of hydrogen-bond donors (Lipinski definition) is 1. The van der Waals surface area contributed by atoms with E-state index in [0.717, 1.165) is 29.2 Å². The van der Waals surface area contributed by atoms with Crippen molar-refractivity contribution in [1.29, 1.82) is 0 Å². The molecule has 0 unspecified atom stereocenters. The van der Waals surface area contributed by atoms with Gasteiger partial charge in [0.25, 0.3) is 5.91 Å². The second-order valence-electron chi connectivity index (χ2n) is 5.74. The molecule has 4 nitrogen and oxygen atoms in total. The van der Waals surface area contributed by atoms with E-state index in [4.69, 9.17) is 4.74 Å². The first-order valence-electron chi connectivity index (χ1n) is 7.67. The summed E-state index contributed by atoms with van der Waals surface area (Å²) in [5.74, 6) is 0.796. The predicted molar refractivity (Wildman–Crippen MR) is 98.5 cm³/mol. The fourth-order valence-corrected chi connectivity index (χ4v) is 4.77. The van der Waals surface area contributed by atoms with Crippen molar-refractivity contribution >= 4 is 33.7 Å². The van der Waals surface area contributed by atoms with Crippen LogP contribution in [0, 0.1) is 6.92 Å². The molecule has 0 spiro atoms. The molecule has 0 radical (unpaired) electrons. The normalized spacial score (nSPS) is 12.4. The predicted octanol–water partition coefficient (Wildman–Crippen LogP) is 4.54. The number of carbonyl (C=O) groups is 1. The molecule has 1 aliphatic rings. The van der Waals surface area contributed by atoms with Crippen molar-refractivity contribution in [3.63, 3.8) is 0 Å². The number of ether oxygens (including phenoxy) is 1. The molecule has 6 heteroatoms. The van der Waals surface area contributed by atoms with Crippen molar-refractivity contribution in [2.45, 2.75) is 19.8 Å². The highest BCUT2D eigenvalue weighted by atomic mass is 32.1. The van der Waals surface area contributed by atoms with Gasteiger partial charge in [0.2, 0.25) is 0 Å². The van der Waals surface area contributed by atoms with Crippen LogP contribution in [0.25, 0.3) is 10.4 Å². The quantitative estimate of drug-likeness (QED) is 0.749. The Bertz CT molecular complexity index is 927. The zero-order chi connectivity index (χ0) is 16.7. The topological polar surface area (TPSA) is 51.2 Å². The molecule has 0 saturated carbocycles. The zero-order valence-corrected chi connectivity index (χ0v) is 15.0. The number of amides is 1. The summed E-state index contributed by atoms with van der Waals surface area (Å²) < 4.78 is 5.31. The third-order valence-corrected chi connectivity index (χ3v) is 6.18. The lowest BCUT2D eigenvalue weighted by Gasteiger charge is -2.16. The summed E-state index contributed by atoms with van der Waals surface area (Å²) in [7, 11) is 1.68. The van der Waals surface area contributed by atoms with Crippen LogP contribution in [0.1, 0.15) is 26.5 Å². The average Bonchev–Trinajstić information content (AvgIpc) is 3.20. The maximum absolute atomic E-state index is 12.5. The highest BCUT2D eigenvalue weighted by Gasteiger charge is 2.22. The average molecular weight is 356 g/mol. The Morgan fingerprint density at radius 2 is 2.08 bits per heavy atom. The number of aromatic nitrogens is 1. The van der Waals surface area contributed by atoms with Gasteiger partial charge in [-0.25, -0.2) is 4.98 Å². The summed E-state index contributed by atoms with van der Waals surface area (Å²) in [5, 5.41) is 5.47.